The van der Waals surface area contributed by atoms with Crippen molar-refractivity contribution in [2.24, 2.45) is 0 Å². The molecule has 4 aliphatic rings. The van der Waals surface area contributed by atoms with Gasteiger partial charge in [-0.3, -0.25) is 19.4 Å². The van der Waals surface area contributed by atoms with Crippen LogP contribution in [0.2, 0.25) is 0 Å². The molecule has 10 heteroatoms. The number of nitrogens with one attached hydrogen (secondary N) is 1. The number of pyridine rings is 2. The van der Waals surface area contributed by atoms with E-state index in [-0.39, 0.29) is 5.91 Å². The summed E-state index contributed by atoms with van der Waals surface area (Å²) < 4.78 is 7.93. The molecule has 2 saturated heterocycles. The largest absolute Gasteiger partial charge is 0.381 e. The smallest absolute Gasteiger partial charge is 0.219 e. The quantitative estimate of drug-likeness (QED) is 0.484. The molecule has 0 aliphatic carbocycles. The van der Waals surface area contributed by atoms with Crippen LogP contribution in [0.25, 0.3) is 11.3 Å². The summed E-state index contributed by atoms with van der Waals surface area (Å²) in [4.78, 5) is 28.9. The number of hydrogen-bond donors (Lipinski definition) is 1. The molecule has 0 aromatic carbocycles. The van der Waals surface area contributed by atoms with Crippen LogP contribution in [-0.2, 0) is 35.3 Å². The Labute approximate surface area is 248 Å². The van der Waals surface area contributed by atoms with E-state index in [2.05, 4.69) is 38.0 Å². The van der Waals surface area contributed by atoms with Gasteiger partial charge in [-0.2, -0.15) is 5.10 Å². The van der Waals surface area contributed by atoms with Crippen LogP contribution in [0.3, 0.4) is 0 Å². The number of aryl methyl sites for hydroxylation is 1. The molecule has 2 fully saturated rings. The Kier molecular flexibility index (Phi) is 7.92. The van der Waals surface area contributed by atoms with Crippen molar-refractivity contribution in [3.63, 3.8) is 0 Å². The fraction of sp³-hybridized carbons (Fsp3) is 0.562. The van der Waals surface area contributed by atoms with Gasteiger partial charge in [0, 0.05) is 108 Å². The minimum Gasteiger partial charge on any atom is -0.381 e. The predicted molar refractivity (Wildman–Crippen MR) is 162 cm³/mol. The third-order valence-electron chi connectivity index (χ3n) is 9.40. The maximum atomic E-state index is 12.4. The van der Waals surface area contributed by atoms with E-state index >= 15 is 0 Å². The Hall–Kier alpha value is -3.34. The molecule has 1 amide bonds. The fourth-order valence-corrected chi connectivity index (χ4v) is 6.94. The number of aromatic nitrogens is 4. The van der Waals surface area contributed by atoms with Crippen molar-refractivity contribution in [1.82, 2.24) is 34.9 Å². The molecular formula is C32H42N8O2. The van der Waals surface area contributed by atoms with Crippen molar-refractivity contribution in [3.05, 3.63) is 53.1 Å². The van der Waals surface area contributed by atoms with Crippen LogP contribution >= 0.6 is 0 Å². The van der Waals surface area contributed by atoms with Gasteiger partial charge in [0.2, 0.25) is 5.91 Å². The first-order valence-corrected chi connectivity index (χ1v) is 15.7. The summed E-state index contributed by atoms with van der Waals surface area (Å²) in [6.07, 6.45) is 9.84. The highest BCUT2D eigenvalue weighted by Gasteiger charge is 2.33. The Morgan fingerprint density at radius 2 is 1.90 bits per heavy atom. The van der Waals surface area contributed by atoms with Gasteiger partial charge in [0.25, 0.3) is 0 Å². The lowest BCUT2D eigenvalue weighted by atomic mass is 9.99. The molecule has 42 heavy (non-hydrogen) atoms. The Morgan fingerprint density at radius 3 is 2.69 bits per heavy atom. The summed E-state index contributed by atoms with van der Waals surface area (Å²) in [7, 11) is 0. The third-order valence-corrected chi connectivity index (χ3v) is 9.40. The monoisotopic (exact) mass is 570 g/mol. The summed E-state index contributed by atoms with van der Waals surface area (Å²) in [6, 6.07) is 6.91. The average Bonchev–Trinajstić information content (AvgIpc) is 3.43. The molecule has 7 rings (SSSR count). The van der Waals surface area contributed by atoms with Crippen LogP contribution in [0.15, 0.2) is 30.6 Å². The van der Waals surface area contributed by atoms with E-state index in [0.29, 0.717) is 12.6 Å². The SMILES string of the molecule is CC(=O)N1CCc2c(c(N3CCCc4cc(-c5ccc(CCN6CCNCC6)nc5)ncc43)nn2C2CCOCC2)C1. The summed E-state index contributed by atoms with van der Waals surface area (Å²) in [5.74, 6) is 1.12. The standard InChI is InChI=1S/C32H42N8O2/c1-23(41)38-14-7-30-28(22-38)32(36-40(30)27-8-17-42-18-9-27)39-12-2-3-24-19-29(35-21-31(24)39)25-4-5-26(34-20-25)6-13-37-15-10-33-11-16-37/h4-5,19-21,27,33H,2-3,6-18,22H2,1H3. The molecule has 4 aliphatic heterocycles. The van der Waals surface area contributed by atoms with Gasteiger partial charge < -0.3 is 24.8 Å². The van der Waals surface area contributed by atoms with Crippen molar-refractivity contribution < 1.29 is 9.53 Å². The average molecular weight is 571 g/mol. The molecular weight excluding hydrogens is 528 g/mol. The van der Waals surface area contributed by atoms with Crippen molar-refractivity contribution in [1.29, 1.82) is 0 Å². The van der Waals surface area contributed by atoms with Crippen LogP contribution in [0, 0.1) is 0 Å². The van der Waals surface area contributed by atoms with E-state index in [1.165, 1.54) is 16.8 Å². The molecule has 10 nitrogen and oxygen atoms in total. The van der Waals surface area contributed by atoms with E-state index in [1.54, 1.807) is 6.92 Å². The molecule has 3 aromatic rings. The van der Waals surface area contributed by atoms with E-state index in [9.17, 15) is 4.79 Å². The van der Waals surface area contributed by atoms with Crippen molar-refractivity contribution in [2.75, 3.05) is 63.9 Å². The highest BCUT2D eigenvalue weighted by atomic mass is 16.5. The highest BCUT2D eigenvalue weighted by Crippen LogP contribution is 2.40. The number of carbonyl (C=O) groups is 1. The minimum atomic E-state index is 0.124. The van der Waals surface area contributed by atoms with Gasteiger partial charge in [-0.25, -0.2) is 0 Å². The summed E-state index contributed by atoms with van der Waals surface area (Å²) in [6.45, 7) is 10.9. The van der Waals surface area contributed by atoms with Gasteiger partial charge in [0.15, 0.2) is 5.82 Å². The molecule has 222 valence electrons. The fourth-order valence-electron chi connectivity index (χ4n) is 6.94. The van der Waals surface area contributed by atoms with Crippen LogP contribution < -0.4 is 10.2 Å². The molecule has 7 heterocycles. The molecule has 0 saturated carbocycles. The number of fused-ring (bicyclic) bond motifs is 2. The van der Waals surface area contributed by atoms with Gasteiger partial charge in [-0.1, -0.05) is 0 Å². The van der Waals surface area contributed by atoms with Gasteiger partial charge in [-0.15, -0.1) is 0 Å². The number of ether oxygens (including phenoxy) is 1. The number of anilines is 2. The maximum Gasteiger partial charge on any atom is 0.219 e. The second-order valence-corrected chi connectivity index (χ2v) is 12.1. The third kappa shape index (κ3) is 5.55. The van der Waals surface area contributed by atoms with Crippen LogP contribution in [0.5, 0.6) is 0 Å². The first kappa shape index (κ1) is 27.5. The van der Waals surface area contributed by atoms with Crippen LogP contribution in [-0.4, -0.2) is 94.5 Å². The number of hydrogen-bond acceptors (Lipinski definition) is 8. The minimum absolute atomic E-state index is 0.124. The Bertz CT molecular complexity index is 1410. The molecule has 0 bridgehead atoms. The second kappa shape index (κ2) is 12.1. The lowest BCUT2D eigenvalue weighted by Crippen LogP contribution is -2.44. The lowest BCUT2D eigenvalue weighted by molar-refractivity contribution is -0.129. The van der Waals surface area contributed by atoms with E-state index < -0.39 is 0 Å². The Morgan fingerprint density at radius 1 is 1.05 bits per heavy atom. The number of nitrogens with zero attached hydrogens (tertiary/aromatic N) is 7. The topological polar surface area (TPSA) is 91.7 Å². The summed E-state index contributed by atoms with van der Waals surface area (Å²) in [5, 5.41) is 8.69. The van der Waals surface area contributed by atoms with Crippen molar-refractivity contribution >= 4 is 17.4 Å². The van der Waals surface area contributed by atoms with Gasteiger partial charge in [-0.05, 0) is 49.4 Å². The van der Waals surface area contributed by atoms with E-state index in [0.717, 1.165) is 126 Å². The van der Waals surface area contributed by atoms with E-state index in [1.807, 2.05) is 17.3 Å². The molecule has 0 atom stereocenters. The molecule has 0 unspecified atom stereocenters. The first-order chi connectivity index (χ1) is 20.6. The van der Waals surface area contributed by atoms with Gasteiger partial charge in [0.05, 0.1) is 30.2 Å². The summed E-state index contributed by atoms with van der Waals surface area (Å²) in [5.41, 5.74) is 8.06. The van der Waals surface area contributed by atoms with Gasteiger partial charge in [0.1, 0.15) is 0 Å². The maximum absolute atomic E-state index is 12.4. The molecule has 0 radical (unpaired) electrons. The zero-order chi connectivity index (χ0) is 28.5. The number of piperazine rings is 1. The van der Waals surface area contributed by atoms with Crippen LogP contribution in [0.4, 0.5) is 11.5 Å². The second-order valence-electron chi connectivity index (χ2n) is 12.1. The normalized spacial score (nSPS) is 19.9. The zero-order valence-corrected chi connectivity index (χ0v) is 24.7. The predicted octanol–water partition coefficient (Wildman–Crippen LogP) is 3.13. The van der Waals surface area contributed by atoms with E-state index in [4.69, 9.17) is 19.8 Å². The number of amides is 1. The number of rotatable bonds is 6. The Balaban J connectivity index is 1.14. The first-order valence-electron chi connectivity index (χ1n) is 15.7. The highest BCUT2D eigenvalue weighted by molar-refractivity contribution is 5.75. The van der Waals surface area contributed by atoms with Crippen LogP contribution in [0.1, 0.15) is 54.7 Å². The zero-order valence-electron chi connectivity index (χ0n) is 24.7. The lowest BCUT2D eigenvalue weighted by Gasteiger charge is -2.32. The number of carbonyl (C=O) groups excluding carboxylic acids is 1. The van der Waals surface area contributed by atoms with Gasteiger partial charge >= 0.3 is 0 Å². The molecule has 3 aromatic heterocycles. The van der Waals surface area contributed by atoms with Crippen molar-refractivity contribution in [3.8, 4) is 11.3 Å². The van der Waals surface area contributed by atoms with Crippen molar-refractivity contribution in [2.45, 2.75) is 58.0 Å². The summed E-state index contributed by atoms with van der Waals surface area (Å²) >= 11 is 0. The molecule has 0 spiro atoms. The molecule has 1 N–H and O–H groups in total.